The van der Waals surface area contributed by atoms with E-state index < -0.39 is 47.7 Å². The van der Waals surface area contributed by atoms with Crippen LogP contribution in [0.15, 0.2) is 6.20 Å². The first-order chi connectivity index (χ1) is 8.92. The van der Waals surface area contributed by atoms with Gasteiger partial charge in [-0.25, -0.2) is 4.98 Å². The minimum atomic E-state index is -5.41. The summed E-state index contributed by atoms with van der Waals surface area (Å²) in [5.74, 6) is -5.20. The van der Waals surface area contributed by atoms with Crippen LogP contribution in [0.2, 0.25) is 0 Å². The Labute approximate surface area is 106 Å². The fourth-order valence-corrected chi connectivity index (χ4v) is 1.25. The van der Waals surface area contributed by atoms with Crippen molar-refractivity contribution in [2.75, 3.05) is 0 Å². The van der Waals surface area contributed by atoms with Gasteiger partial charge in [0.1, 0.15) is 0 Å². The molecule has 1 heterocycles. The number of ether oxygens (including phenoxy) is 1. The van der Waals surface area contributed by atoms with Crippen molar-refractivity contribution in [3.05, 3.63) is 17.5 Å². The number of pyridine rings is 1. The molecule has 11 heteroatoms. The van der Waals surface area contributed by atoms with Crippen LogP contribution < -0.4 is 4.74 Å². The molecule has 20 heavy (non-hydrogen) atoms. The van der Waals surface area contributed by atoms with E-state index in [2.05, 4.69) is 9.72 Å². The van der Waals surface area contributed by atoms with Crippen molar-refractivity contribution in [3.8, 4) is 11.5 Å². The maximum atomic E-state index is 12.4. The number of alkyl halides is 6. The number of aromatic nitrogens is 1. The van der Waals surface area contributed by atoms with Crippen LogP contribution in [-0.2, 0) is 17.4 Å². The molecule has 0 amide bonds. The standard InChI is InChI=1S/C9H5F6NO4/c10-8(11,12)7-5(19)6(20-9(13,14)15)3(2-16-7)1-4(17)18/h2,19H,1H2,(H,17,18). The van der Waals surface area contributed by atoms with Gasteiger partial charge in [-0.05, 0) is 0 Å². The number of carboxylic acid groups (broad SMARTS) is 1. The van der Waals surface area contributed by atoms with Crippen LogP contribution in [0.4, 0.5) is 26.3 Å². The highest BCUT2D eigenvalue weighted by Crippen LogP contribution is 2.42. The molecule has 1 aromatic heterocycles. The van der Waals surface area contributed by atoms with Gasteiger partial charge in [-0.1, -0.05) is 0 Å². The van der Waals surface area contributed by atoms with Gasteiger partial charge in [0.05, 0.1) is 6.42 Å². The lowest BCUT2D eigenvalue weighted by Crippen LogP contribution is -2.20. The quantitative estimate of drug-likeness (QED) is 0.838. The molecule has 2 N–H and O–H groups in total. The largest absolute Gasteiger partial charge is 0.573 e. The topological polar surface area (TPSA) is 79.7 Å². The maximum Gasteiger partial charge on any atom is 0.573 e. The predicted molar refractivity (Wildman–Crippen MR) is 48.9 cm³/mol. The zero-order chi connectivity index (χ0) is 15.7. The maximum absolute atomic E-state index is 12.4. The smallest absolute Gasteiger partial charge is 0.503 e. The number of aliphatic carboxylic acids is 1. The Morgan fingerprint density at radius 2 is 1.80 bits per heavy atom. The minimum Gasteiger partial charge on any atom is -0.503 e. The number of carbonyl (C=O) groups is 1. The molecular formula is C9H5F6NO4. The Kier molecular flexibility index (Phi) is 4.01. The Morgan fingerprint density at radius 3 is 2.20 bits per heavy atom. The molecule has 0 fully saturated rings. The molecule has 0 spiro atoms. The van der Waals surface area contributed by atoms with Crippen molar-refractivity contribution in [3.63, 3.8) is 0 Å². The SMILES string of the molecule is O=C(O)Cc1cnc(C(F)(F)F)c(O)c1OC(F)(F)F. The van der Waals surface area contributed by atoms with E-state index >= 15 is 0 Å². The lowest BCUT2D eigenvalue weighted by Gasteiger charge is -2.16. The van der Waals surface area contributed by atoms with Crippen molar-refractivity contribution in [2.45, 2.75) is 19.0 Å². The second-order valence-electron chi connectivity index (χ2n) is 3.43. The van der Waals surface area contributed by atoms with E-state index in [0.29, 0.717) is 0 Å². The van der Waals surface area contributed by atoms with Crippen LogP contribution in [-0.4, -0.2) is 27.5 Å². The Bertz CT molecular complexity index is 524. The number of hydrogen-bond donors (Lipinski definition) is 2. The van der Waals surface area contributed by atoms with Gasteiger partial charge in [-0.2, -0.15) is 13.2 Å². The molecular weight excluding hydrogens is 300 g/mol. The first kappa shape index (κ1) is 15.9. The van der Waals surface area contributed by atoms with E-state index in [0.717, 1.165) is 0 Å². The molecule has 0 aliphatic carbocycles. The highest BCUT2D eigenvalue weighted by molar-refractivity contribution is 5.72. The third-order valence-corrected chi connectivity index (χ3v) is 1.91. The molecule has 0 aliphatic heterocycles. The molecule has 0 saturated heterocycles. The summed E-state index contributed by atoms with van der Waals surface area (Å²) >= 11 is 0. The molecule has 5 nitrogen and oxygen atoms in total. The van der Waals surface area contributed by atoms with Gasteiger partial charge in [0.2, 0.25) is 0 Å². The molecule has 0 aliphatic rings. The number of hydrogen-bond acceptors (Lipinski definition) is 4. The Hall–Kier alpha value is -2.20. The first-order valence-corrected chi connectivity index (χ1v) is 4.67. The molecule has 1 aromatic rings. The van der Waals surface area contributed by atoms with E-state index in [1.165, 1.54) is 0 Å². The monoisotopic (exact) mass is 305 g/mol. The summed E-state index contributed by atoms with van der Waals surface area (Å²) in [7, 11) is 0. The average molecular weight is 305 g/mol. The van der Waals surface area contributed by atoms with Crippen molar-refractivity contribution in [1.29, 1.82) is 0 Å². The summed E-state index contributed by atoms with van der Waals surface area (Å²) < 4.78 is 76.6. The van der Waals surface area contributed by atoms with Gasteiger partial charge < -0.3 is 14.9 Å². The Balaban J connectivity index is 3.41. The Morgan fingerprint density at radius 1 is 1.25 bits per heavy atom. The number of nitrogens with zero attached hydrogens (tertiary/aromatic N) is 1. The summed E-state index contributed by atoms with van der Waals surface area (Å²) in [4.78, 5) is 13.1. The predicted octanol–water partition coefficient (Wildman–Crippen LogP) is 2.33. The molecule has 0 aromatic carbocycles. The number of halogens is 6. The van der Waals surface area contributed by atoms with Crippen LogP contribution in [0.5, 0.6) is 11.5 Å². The summed E-state index contributed by atoms with van der Waals surface area (Å²) in [6.07, 6.45) is -11.5. The summed E-state index contributed by atoms with van der Waals surface area (Å²) in [6, 6.07) is 0. The van der Waals surface area contributed by atoms with Crippen LogP contribution in [0.1, 0.15) is 11.3 Å². The molecule has 1 rings (SSSR count). The second-order valence-corrected chi connectivity index (χ2v) is 3.43. The highest BCUT2D eigenvalue weighted by Gasteiger charge is 2.41. The van der Waals surface area contributed by atoms with Crippen molar-refractivity contribution in [1.82, 2.24) is 4.98 Å². The summed E-state index contributed by atoms with van der Waals surface area (Å²) in [5, 5.41) is 17.6. The number of aromatic hydroxyl groups is 1. The van der Waals surface area contributed by atoms with Crippen molar-refractivity contribution in [2.24, 2.45) is 0 Å². The van der Waals surface area contributed by atoms with Gasteiger partial charge in [-0.15, -0.1) is 13.2 Å². The molecule has 112 valence electrons. The fourth-order valence-electron chi connectivity index (χ4n) is 1.25. The first-order valence-electron chi connectivity index (χ1n) is 4.67. The van der Waals surface area contributed by atoms with E-state index in [1.54, 1.807) is 0 Å². The van der Waals surface area contributed by atoms with Gasteiger partial charge in [0, 0.05) is 11.8 Å². The van der Waals surface area contributed by atoms with E-state index in [-0.39, 0.29) is 6.20 Å². The molecule has 0 saturated carbocycles. The van der Waals surface area contributed by atoms with Crippen LogP contribution in [0, 0.1) is 0 Å². The zero-order valence-electron chi connectivity index (χ0n) is 9.21. The molecule has 0 atom stereocenters. The zero-order valence-corrected chi connectivity index (χ0v) is 9.21. The van der Waals surface area contributed by atoms with Crippen molar-refractivity contribution < 1.29 is 46.1 Å². The number of carboxylic acids is 1. The van der Waals surface area contributed by atoms with Gasteiger partial charge >= 0.3 is 18.5 Å². The van der Waals surface area contributed by atoms with Crippen molar-refractivity contribution >= 4 is 5.97 Å². The second kappa shape index (κ2) is 5.06. The lowest BCUT2D eigenvalue weighted by atomic mass is 10.1. The van der Waals surface area contributed by atoms with Crippen LogP contribution >= 0.6 is 0 Å². The lowest BCUT2D eigenvalue weighted by molar-refractivity contribution is -0.275. The van der Waals surface area contributed by atoms with Crippen LogP contribution in [0.3, 0.4) is 0 Å². The molecule has 0 bridgehead atoms. The highest BCUT2D eigenvalue weighted by atomic mass is 19.4. The third-order valence-electron chi connectivity index (χ3n) is 1.91. The summed E-state index contributed by atoms with van der Waals surface area (Å²) in [6.45, 7) is 0. The minimum absolute atomic E-state index is 0.248. The molecule has 0 radical (unpaired) electrons. The van der Waals surface area contributed by atoms with Crippen LogP contribution in [0.25, 0.3) is 0 Å². The molecule has 0 unspecified atom stereocenters. The van der Waals surface area contributed by atoms with E-state index in [4.69, 9.17) is 5.11 Å². The van der Waals surface area contributed by atoms with E-state index in [1.807, 2.05) is 0 Å². The normalized spacial score (nSPS) is 12.3. The average Bonchev–Trinajstić information content (AvgIpc) is 2.19. The van der Waals surface area contributed by atoms with Gasteiger partial charge in [0.25, 0.3) is 0 Å². The summed E-state index contributed by atoms with van der Waals surface area (Å²) in [5.41, 5.74) is -2.86. The number of rotatable bonds is 3. The fraction of sp³-hybridized carbons (Fsp3) is 0.333. The third kappa shape index (κ3) is 3.90. The van der Waals surface area contributed by atoms with Gasteiger partial charge in [0.15, 0.2) is 17.2 Å². The van der Waals surface area contributed by atoms with Gasteiger partial charge in [-0.3, -0.25) is 4.79 Å². The van der Waals surface area contributed by atoms with E-state index in [9.17, 15) is 36.2 Å².